The molecule has 1 rings (SSSR count). The molecule has 1 amide bonds. The van der Waals surface area contributed by atoms with Crippen LogP contribution < -0.4 is 11.1 Å². The highest BCUT2D eigenvalue weighted by Crippen LogP contribution is 2.08. The fourth-order valence-electron chi connectivity index (χ4n) is 1.57. The van der Waals surface area contributed by atoms with Crippen LogP contribution in [0, 0.1) is 0 Å². The van der Waals surface area contributed by atoms with Crippen LogP contribution in [0.1, 0.15) is 29.8 Å². The van der Waals surface area contributed by atoms with Crippen molar-refractivity contribution >= 4 is 23.4 Å². The highest BCUT2D eigenvalue weighted by atomic mass is 32.2. The van der Waals surface area contributed by atoms with E-state index in [0.717, 1.165) is 12.8 Å². The van der Waals surface area contributed by atoms with E-state index in [0.29, 0.717) is 17.9 Å². The largest absolute Gasteiger partial charge is 0.396 e. The fraction of sp³-hybridized carbons (Fsp3) is 0.636. The lowest BCUT2D eigenvalue weighted by molar-refractivity contribution is 0.0944. The van der Waals surface area contributed by atoms with E-state index in [4.69, 9.17) is 5.73 Å². The second kappa shape index (κ2) is 7.21. The Hall–Kier alpha value is -1.17. The second-order valence-corrected chi connectivity index (χ2v) is 4.87. The predicted molar refractivity (Wildman–Crippen MR) is 72.2 cm³/mol. The van der Waals surface area contributed by atoms with Crippen molar-refractivity contribution in [1.82, 2.24) is 15.1 Å². The minimum atomic E-state index is -0.146. The molecule has 0 bridgehead atoms. The Balaban J connectivity index is 2.26. The third-order valence-corrected chi connectivity index (χ3v) is 3.19. The van der Waals surface area contributed by atoms with Crippen molar-refractivity contribution in [3.63, 3.8) is 0 Å². The monoisotopic (exact) mass is 256 g/mol. The van der Waals surface area contributed by atoms with Crippen molar-refractivity contribution < 1.29 is 4.79 Å². The lowest BCUT2D eigenvalue weighted by Crippen LogP contribution is -2.27. The van der Waals surface area contributed by atoms with Gasteiger partial charge in [0.2, 0.25) is 0 Å². The molecule has 0 aliphatic heterocycles. The summed E-state index contributed by atoms with van der Waals surface area (Å²) < 4.78 is 1.50. The molecule has 6 heteroatoms. The maximum Gasteiger partial charge on any atom is 0.271 e. The van der Waals surface area contributed by atoms with E-state index >= 15 is 0 Å². The predicted octanol–water partition coefficient (Wildman–Crippen LogP) is 1.27. The van der Waals surface area contributed by atoms with Crippen molar-refractivity contribution in [1.29, 1.82) is 0 Å². The molecular weight excluding hydrogens is 236 g/mol. The maximum atomic E-state index is 11.8. The minimum Gasteiger partial charge on any atom is -0.396 e. The molecule has 0 unspecified atom stereocenters. The second-order valence-electron chi connectivity index (χ2n) is 3.88. The lowest BCUT2D eigenvalue weighted by Gasteiger charge is -2.06. The summed E-state index contributed by atoms with van der Waals surface area (Å²) in [7, 11) is 1.71. The number of carbonyl (C=O) groups excluding carboxylic acids is 1. The molecular formula is C11H20N4OS. The van der Waals surface area contributed by atoms with Gasteiger partial charge < -0.3 is 11.1 Å². The van der Waals surface area contributed by atoms with E-state index in [1.165, 1.54) is 23.1 Å². The maximum absolute atomic E-state index is 11.8. The Morgan fingerprint density at radius 2 is 2.29 bits per heavy atom. The standard InChI is InChI=1S/C11H20N4OS/c1-15-10(9(12)8-14-15)11(16)13-6-4-3-5-7-17-2/h8H,3-7,12H2,1-2H3,(H,13,16). The van der Waals surface area contributed by atoms with Crippen LogP contribution in [0.4, 0.5) is 5.69 Å². The Kier molecular flexibility index (Phi) is 5.90. The average molecular weight is 256 g/mol. The van der Waals surface area contributed by atoms with Crippen LogP contribution in [0.15, 0.2) is 6.20 Å². The summed E-state index contributed by atoms with van der Waals surface area (Å²) in [5, 5.41) is 6.79. The number of hydrogen-bond acceptors (Lipinski definition) is 4. The Morgan fingerprint density at radius 3 is 2.88 bits per heavy atom. The molecule has 1 aromatic rings. The summed E-state index contributed by atoms with van der Waals surface area (Å²) in [6, 6.07) is 0. The van der Waals surface area contributed by atoms with Crippen LogP contribution >= 0.6 is 11.8 Å². The molecule has 0 saturated heterocycles. The number of aromatic nitrogens is 2. The first-order chi connectivity index (χ1) is 8.16. The molecule has 0 aliphatic rings. The minimum absolute atomic E-state index is 0.146. The molecule has 0 atom stereocenters. The zero-order valence-electron chi connectivity index (χ0n) is 10.4. The average Bonchev–Trinajstić information content (AvgIpc) is 2.63. The topological polar surface area (TPSA) is 72.9 Å². The number of carbonyl (C=O) groups is 1. The number of rotatable bonds is 7. The SMILES string of the molecule is CSCCCCCNC(=O)c1c(N)cnn1C. The van der Waals surface area contributed by atoms with E-state index in [2.05, 4.69) is 16.7 Å². The normalized spacial score (nSPS) is 10.5. The number of hydrogen-bond donors (Lipinski definition) is 2. The molecule has 0 fully saturated rings. The quantitative estimate of drug-likeness (QED) is 0.720. The molecule has 96 valence electrons. The van der Waals surface area contributed by atoms with Crippen LogP contribution in [0.3, 0.4) is 0 Å². The Morgan fingerprint density at radius 1 is 1.53 bits per heavy atom. The van der Waals surface area contributed by atoms with Crippen LogP contribution in [0.2, 0.25) is 0 Å². The van der Waals surface area contributed by atoms with Gasteiger partial charge in [-0.3, -0.25) is 9.48 Å². The van der Waals surface area contributed by atoms with Crippen molar-refractivity contribution in [2.24, 2.45) is 7.05 Å². The summed E-state index contributed by atoms with van der Waals surface area (Å²) in [5.74, 6) is 1.04. The van der Waals surface area contributed by atoms with Gasteiger partial charge in [0.05, 0.1) is 11.9 Å². The Bertz CT molecular complexity index is 345. The molecule has 5 nitrogen and oxygen atoms in total. The van der Waals surface area contributed by atoms with Gasteiger partial charge in [0, 0.05) is 13.6 Å². The van der Waals surface area contributed by atoms with Crippen LogP contribution in [-0.4, -0.2) is 34.2 Å². The molecule has 0 aromatic carbocycles. The third kappa shape index (κ3) is 4.30. The summed E-state index contributed by atoms with van der Waals surface area (Å²) in [6.45, 7) is 0.692. The van der Waals surface area contributed by atoms with Crippen LogP contribution in [0.5, 0.6) is 0 Å². The van der Waals surface area contributed by atoms with E-state index in [-0.39, 0.29) is 5.91 Å². The van der Waals surface area contributed by atoms with Crippen molar-refractivity contribution in [3.8, 4) is 0 Å². The van der Waals surface area contributed by atoms with E-state index < -0.39 is 0 Å². The number of aryl methyl sites for hydroxylation is 1. The third-order valence-electron chi connectivity index (χ3n) is 2.49. The number of unbranched alkanes of at least 4 members (excludes halogenated alkanes) is 2. The zero-order valence-corrected chi connectivity index (χ0v) is 11.2. The summed E-state index contributed by atoms with van der Waals surface area (Å²) in [6.07, 6.45) is 6.94. The Labute approximate surface area is 106 Å². The molecule has 0 spiro atoms. The van der Waals surface area contributed by atoms with Gasteiger partial charge in [-0.1, -0.05) is 6.42 Å². The van der Waals surface area contributed by atoms with Gasteiger partial charge in [0.15, 0.2) is 0 Å². The number of nitrogen functional groups attached to an aromatic ring is 1. The van der Waals surface area contributed by atoms with Crippen molar-refractivity contribution in [3.05, 3.63) is 11.9 Å². The number of nitrogens with zero attached hydrogens (tertiary/aromatic N) is 2. The van der Waals surface area contributed by atoms with E-state index in [9.17, 15) is 4.79 Å². The summed E-state index contributed by atoms with van der Waals surface area (Å²) in [5.41, 5.74) is 6.53. The first-order valence-corrected chi connectivity index (χ1v) is 7.10. The van der Waals surface area contributed by atoms with Crippen molar-refractivity contribution in [2.45, 2.75) is 19.3 Å². The van der Waals surface area contributed by atoms with E-state index in [1.807, 2.05) is 11.8 Å². The fourth-order valence-corrected chi connectivity index (χ4v) is 2.06. The van der Waals surface area contributed by atoms with E-state index in [1.54, 1.807) is 7.05 Å². The van der Waals surface area contributed by atoms with Crippen LogP contribution in [0.25, 0.3) is 0 Å². The van der Waals surface area contributed by atoms with Gasteiger partial charge in [-0.2, -0.15) is 16.9 Å². The molecule has 1 aromatic heterocycles. The van der Waals surface area contributed by atoms with Crippen molar-refractivity contribution in [2.75, 3.05) is 24.3 Å². The van der Waals surface area contributed by atoms with Gasteiger partial charge in [-0.25, -0.2) is 0 Å². The molecule has 0 aliphatic carbocycles. The number of nitrogens with one attached hydrogen (secondary N) is 1. The van der Waals surface area contributed by atoms with Gasteiger partial charge in [0.1, 0.15) is 5.69 Å². The smallest absolute Gasteiger partial charge is 0.271 e. The molecule has 1 heterocycles. The number of anilines is 1. The van der Waals surface area contributed by atoms with Crippen LogP contribution in [-0.2, 0) is 7.05 Å². The number of nitrogens with two attached hydrogens (primary N) is 1. The molecule has 17 heavy (non-hydrogen) atoms. The highest BCUT2D eigenvalue weighted by molar-refractivity contribution is 7.98. The van der Waals surface area contributed by atoms with Gasteiger partial charge >= 0.3 is 0 Å². The summed E-state index contributed by atoms with van der Waals surface area (Å²) >= 11 is 1.85. The van der Waals surface area contributed by atoms with Gasteiger partial charge in [-0.15, -0.1) is 0 Å². The molecule has 0 radical (unpaired) electrons. The first-order valence-electron chi connectivity index (χ1n) is 5.71. The molecule has 3 N–H and O–H groups in total. The highest BCUT2D eigenvalue weighted by Gasteiger charge is 2.13. The zero-order chi connectivity index (χ0) is 12.7. The van der Waals surface area contributed by atoms with Gasteiger partial charge in [0.25, 0.3) is 5.91 Å². The molecule has 0 saturated carbocycles. The lowest BCUT2D eigenvalue weighted by atomic mass is 10.2. The number of thioether (sulfide) groups is 1. The number of amides is 1. The first kappa shape index (κ1) is 13.9. The van der Waals surface area contributed by atoms with Gasteiger partial charge in [-0.05, 0) is 24.9 Å². The summed E-state index contributed by atoms with van der Waals surface area (Å²) in [4.78, 5) is 11.8.